The number of carbonyl (C=O) groups is 1. The summed E-state index contributed by atoms with van der Waals surface area (Å²) >= 11 is 0. The molecule has 0 aliphatic carbocycles. The van der Waals surface area contributed by atoms with E-state index in [4.69, 9.17) is 0 Å². The fraction of sp³-hybridized carbons (Fsp3) is 0.500. The summed E-state index contributed by atoms with van der Waals surface area (Å²) in [7, 11) is 0. The first-order valence-electron chi connectivity index (χ1n) is 6.12. The van der Waals surface area contributed by atoms with E-state index >= 15 is 0 Å². The Bertz CT molecular complexity index is 423. The van der Waals surface area contributed by atoms with Crippen molar-refractivity contribution in [3.8, 4) is 0 Å². The summed E-state index contributed by atoms with van der Waals surface area (Å²) in [5.74, 6) is -0.474. The van der Waals surface area contributed by atoms with Gasteiger partial charge in [-0.2, -0.15) is 13.2 Å². The third-order valence-corrected chi connectivity index (χ3v) is 2.86. The van der Waals surface area contributed by atoms with Crippen molar-refractivity contribution in [3.05, 3.63) is 35.4 Å². The summed E-state index contributed by atoms with van der Waals surface area (Å²) in [5, 5.41) is 3.13. The van der Waals surface area contributed by atoms with E-state index < -0.39 is 17.7 Å². The van der Waals surface area contributed by atoms with Crippen LogP contribution < -0.4 is 5.32 Å². The van der Waals surface area contributed by atoms with Crippen molar-refractivity contribution >= 4 is 5.78 Å². The van der Waals surface area contributed by atoms with E-state index in [0.717, 1.165) is 12.1 Å². The van der Waals surface area contributed by atoms with Crippen molar-refractivity contribution in [2.75, 3.05) is 6.54 Å². The van der Waals surface area contributed by atoms with Crippen molar-refractivity contribution in [2.45, 2.75) is 38.9 Å². The zero-order chi connectivity index (χ0) is 14.6. The Morgan fingerprint density at radius 3 is 2.11 bits per heavy atom. The SMILES string of the molecule is CC(=O)C(CNC(C)C)c1ccc(C(F)(F)F)cc1. The van der Waals surface area contributed by atoms with Gasteiger partial charge in [-0.25, -0.2) is 0 Å². The molecule has 106 valence electrons. The molecule has 0 saturated carbocycles. The van der Waals surface area contributed by atoms with Crippen LogP contribution in [-0.4, -0.2) is 18.4 Å². The van der Waals surface area contributed by atoms with Gasteiger partial charge < -0.3 is 5.32 Å². The number of hydrogen-bond acceptors (Lipinski definition) is 2. The maximum absolute atomic E-state index is 12.5. The zero-order valence-electron chi connectivity index (χ0n) is 11.2. The molecule has 1 unspecified atom stereocenters. The van der Waals surface area contributed by atoms with Crippen LogP contribution in [0.5, 0.6) is 0 Å². The highest BCUT2D eigenvalue weighted by Gasteiger charge is 2.30. The predicted molar refractivity (Wildman–Crippen MR) is 68.0 cm³/mol. The number of Topliss-reactive ketones (excluding diaryl/α,β-unsaturated/α-hetero) is 1. The highest BCUT2D eigenvalue weighted by atomic mass is 19.4. The molecule has 1 aromatic rings. The number of halogens is 3. The molecule has 0 aliphatic rings. The Morgan fingerprint density at radius 1 is 1.21 bits per heavy atom. The summed E-state index contributed by atoms with van der Waals surface area (Å²) < 4.78 is 37.4. The largest absolute Gasteiger partial charge is 0.416 e. The lowest BCUT2D eigenvalue weighted by molar-refractivity contribution is -0.137. The average molecular weight is 273 g/mol. The van der Waals surface area contributed by atoms with Crippen LogP contribution in [0.4, 0.5) is 13.2 Å². The van der Waals surface area contributed by atoms with Gasteiger partial charge in [-0.15, -0.1) is 0 Å². The standard InChI is InChI=1S/C14H18F3NO/c1-9(2)18-8-13(10(3)19)11-4-6-12(7-5-11)14(15,16)17/h4-7,9,13,18H,8H2,1-3H3. The Balaban J connectivity index is 2.89. The number of ketones is 1. The molecule has 0 fully saturated rings. The molecule has 19 heavy (non-hydrogen) atoms. The third kappa shape index (κ3) is 4.67. The molecule has 1 rings (SSSR count). The molecule has 0 heterocycles. The smallest absolute Gasteiger partial charge is 0.313 e. The molecule has 0 bridgehead atoms. The second-order valence-electron chi connectivity index (χ2n) is 4.85. The van der Waals surface area contributed by atoms with Gasteiger partial charge in [0.05, 0.1) is 11.5 Å². The van der Waals surface area contributed by atoms with Crippen LogP contribution in [0, 0.1) is 0 Å². The van der Waals surface area contributed by atoms with Gasteiger partial charge in [0.15, 0.2) is 0 Å². The number of nitrogens with one attached hydrogen (secondary N) is 1. The van der Waals surface area contributed by atoms with Gasteiger partial charge in [0, 0.05) is 12.6 Å². The van der Waals surface area contributed by atoms with E-state index in [1.165, 1.54) is 19.1 Å². The van der Waals surface area contributed by atoms with Gasteiger partial charge in [-0.05, 0) is 24.6 Å². The Morgan fingerprint density at radius 2 is 1.74 bits per heavy atom. The number of alkyl halides is 3. The van der Waals surface area contributed by atoms with E-state index in [1.807, 2.05) is 13.8 Å². The molecule has 1 aromatic carbocycles. The molecule has 5 heteroatoms. The van der Waals surface area contributed by atoms with E-state index in [0.29, 0.717) is 12.1 Å². The van der Waals surface area contributed by atoms with Crippen molar-refractivity contribution in [2.24, 2.45) is 0 Å². The van der Waals surface area contributed by atoms with Gasteiger partial charge in [0.25, 0.3) is 0 Å². The van der Waals surface area contributed by atoms with Crippen LogP contribution >= 0.6 is 0 Å². The van der Waals surface area contributed by atoms with Crippen molar-refractivity contribution in [3.63, 3.8) is 0 Å². The zero-order valence-corrected chi connectivity index (χ0v) is 11.2. The summed E-state index contributed by atoms with van der Waals surface area (Å²) in [4.78, 5) is 11.6. The van der Waals surface area contributed by atoms with Crippen LogP contribution in [0.3, 0.4) is 0 Å². The lowest BCUT2D eigenvalue weighted by atomic mass is 9.94. The predicted octanol–water partition coefficient (Wildman–Crippen LogP) is 3.38. The third-order valence-electron chi connectivity index (χ3n) is 2.86. The molecular weight excluding hydrogens is 255 g/mol. The molecule has 1 atom stereocenters. The number of hydrogen-bond donors (Lipinski definition) is 1. The number of rotatable bonds is 5. The lowest BCUT2D eigenvalue weighted by Crippen LogP contribution is -2.30. The molecular formula is C14H18F3NO. The second kappa shape index (κ2) is 6.19. The van der Waals surface area contributed by atoms with Gasteiger partial charge >= 0.3 is 6.18 Å². The molecule has 0 amide bonds. The maximum atomic E-state index is 12.5. The summed E-state index contributed by atoms with van der Waals surface area (Å²) in [6, 6.07) is 4.99. The van der Waals surface area contributed by atoms with Gasteiger partial charge in [0.1, 0.15) is 5.78 Å². The Hall–Kier alpha value is -1.36. The second-order valence-corrected chi connectivity index (χ2v) is 4.85. The van der Waals surface area contributed by atoms with Crippen molar-refractivity contribution in [1.82, 2.24) is 5.32 Å². The van der Waals surface area contributed by atoms with Gasteiger partial charge in [-0.1, -0.05) is 26.0 Å². The summed E-state index contributed by atoms with van der Waals surface area (Å²) in [6.45, 7) is 5.77. The van der Waals surface area contributed by atoms with Gasteiger partial charge in [-0.3, -0.25) is 4.79 Å². The normalized spacial score (nSPS) is 13.6. The van der Waals surface area contributed by atoms with Crippen LogP contribution in [-0.2, 0) is 11.0 Å². The first-order chi connectivity index (χ1) is 8.71. The van der Waals surface area contributed by atoms with Crippen molar-refractivity contribution < 1.29 is 18.0 Å². The Kier molecular flexibility index (Phi) is 5.11. The summed E-state index contributed by atoms with van der Waals surface area (Å²) in [5.41, 5.74) is -0.0935. The average Bonchev–Trinajstić information content (AvgIpc) is 2.27. The van der Waals surface area contributed by atoms with E-state index in [2.05, 4.69) is 5.32 Å². The number of carbonyl (C=O) groups excluding carboxylic acids is 1. The molecule has 0 spiro atoms. The topological polar surface area (TPSA) is 29.1 Å². The fourth-order valence-corrected chi connectivity index (χ4v) is 1.75. The molecule has 0 radical (unpaired) electrons. The molecule has 2 nitrogen and oxygen atoms in total. The lowest BCUT2D eigenvalue weighted by Gasteiger charge is -2.17. The van der Waals surface area contributed by atoms with Crippen molar-refractivity contribution in [1.29, 1.82) is 0 Å². The Labute approximate surface area is 111 Å². The van der Waals surface area contributed by atoms with Gasteiger partial charge in [0.2, 0.25) is 0 Å². The summed E-state index contributed by atoms with van der Waals surface area (Å²) in [6.07, 6.45) is -4.35. The minimum absolute atomic E-state index is 0.0621. The van der Waals surface area contributed by atoms with E-state index in [1.54, 1.807) is 0 Å². The van der Waals surface area contributed by atoms with Crippen LogP contribution in [0.2, 0.25) is 0 Å². The molecule has 0 aliphatic heterocycles. The maximum Gasteiger partial charge on any atom is 0.416 e. The van der Waals surface area contributed by atoms with E-state index in [-0.39, 0.29) is 11.8 Å². The highest BCUT2D eigenvalue weighted by Crippen LogP contribution is 2.30. The molecule has 0 saturated heterocycles. The minimum atomic E-state index is -4.35. The van der Waals surface area contributed by atoms with E-state index in [9.17, 15) is 18.0 Å². The molecule has 1 N–H and O–H groups in total. The quantitative estimate of drug-likeness (QED) is 0.891. The molecule has 0 aromatic heterocycles. The van der Waals surface area contributed by atoms with Crippen LogP contribution in [0.1, 0.15) is 37.8 Å². The monoisotopic (exact) mass is 273 g/mol. The fourth-order valence-electron chi connectivity index (χ4n) is 1.75. The highest BCUT2D eigenvalue weighted by molar-refractivity contribution is 5.83. The first-order valence-corrected chi connectivity index (χ1v) is 6.12. The number of benzene rings is 1. The minimum Gasteiger partial charge on any atom is -0.313 e. The van der Waals surface area contributed by atoms with Crippen LogP contribution in [0.25, 0.3) is 0 Å². The first kappa shape index (κ1) is 15.7. The van der Waals surface area contributed by atoms with Crippen LogP contribution in [0.15, 0.2) is 24.3 Å².